The van der Waals surface area contributed by atoms with E-state index in [0.717, 1.165) is 18.4 Å². The lowest BCUT2D eigenvalue weighted by Gasteiger charge is -2.09. The minimum absolute atomic E-state index is 0.0713. The highest BCUT2D eigenvalue weighted by Gasteiger charge is 2.15. The van der Waals surface area contributed by atoms with Crippen LogP contribution in [0.25, 0.3) is 6.08 Å². The average Bonchev–Trinajstić information content (AvgIpc) is 2.84. The summed E-state index contributed by atoms with van der Waals surface area (Å²) in [4.78, 5) is 11.7. The number of hydrogen-bond acceptors (Lipinski definition) is 1. The van der Waals surface area contributed by atoms with Crippen molar-refractivity contribution in [3.8, 4) is 0 Å². The Morgan fingerprint density at radius 3 is 2.72 bits per heavy atom. The third kappa shape index (κ3) is 3.50. The van der Waals surface area contributed by atoms with Gasteiger partial charge in [0.15, 0.2) is 0 Å². The third-order valence-corrected chi connectivity index (χ3v) is 3.93. The van der Waals surface area contributed by atoms with E-state index >= 15 is 0 Å². The summed E-state index contributed by atoms with van der Waals surface area (Å²) >= 11 is 11.9. The number of benzene rings is 1. The van der Waals surface area contributed by atoms with Gasteiger partial charge >= 0.3 is 0 Å². The number of carbonyl (C=O) groups excluding carboxylic acids is 1. The molecule has 1 aliphatic carbocycles. The van der Waals surface area contributed by atoms with Crippen LogP contribution in [0.15, 0.2) is 24.3 Å². The van der Waals surface area contributed by atoms with Crippen molar-refractivity contribution in [2.75, 3.05) is 0 Å². The van der Waals surface area contributed by atoms with E-state index in [0.29, 0.717) is 16.1 Å². The maximum Gasteiger partial charge on any atom is 0.244 e. The highest BCUT2D eigenvalue weighted by molar-refractivity contribution is 6.42. The van der Waals surface area contributed by atoms with Crippen molar-refractivity contribution < 1.29 is 4.79 Å². The second-order valence-corrected chi connectivity index (χ2v) is 5.25. The number of hydrogen-bond donors (Lipinski definition) is 1. The van der Waals surface area contributed by atoms with Crippen LogP contribution in [0.5, 0.6) is 0 Å². The Labute approximate surface area is 117 Å². The molecule has 1 saturated carbocycles. The number of rotatable bonds is 3. The van der Waals surface area contributed by atoms with Gasteiger partial charge in [-0.3, -0.25) is 4.79 Å². The number of halogens is 2. The molecule has 1 amide bonds. The first-order chi connectivity index (χ1) is 8.66. The van der Waals surface area contributed by atoms with Gasteiger partial charge in [-0.15, -0.1) is 0 Å². The first kappa shape index (κ1) is 13.4. The van der Waals surface area contributed by atoms with Crippen LogP contribution in [0.2, 0.25) is 10.0 Å². The van der Waals surface area contributed by atoms with Crippen LogP contribution in [-0.4, -0.2) is 11.9 Å². The molecule has 1 N–H and O–H groups in total. The summed E-state index contributed by atoms with van der Waals surface area (Å²) in [7, 11) is 0. The lowest BCUT2D eigenvalue weighted by Crippen LogP contribution is -2.30. The first-order valence-electron chi connectivity index (χ1n) is 6.09. The standard InChI is InChI=1S/C14H15Cl2NO/c15-12-7-3-4-10(14(12)16)8-9-13(18)17-11-5-1-2-6-11/h3-4,7-9,11H,1-2,5-6H2,(H,17,18)/b9-8+. The van der Waals surface area contributed by atoms with E-state index in [4.69, 9.17) is 23.2 Å². The molecule has 4 heteroatoms. The fourth-order valence-corrected chi connectivity index (χ4v) is 2.50. The summed E-state index contributed by atoms with van der Waals surface area (Å²) in [5.41, 5.74) is 0.755. The smallest absolute Gasteiger partial charge is 0.244 e. The van der Waals surface area contributed by atoms with Crippen LogP contribution in [0, 0.1) is 0 Å². The number of carbonyl (C=O) groups is 1. The molecule has 1 aromatic rings. The van der Waals surface area contributed by atoms with Crippen molar-refractivity contribution in [3.05, 3.63) is 39.9 Å². The topological polar surface area (TPSA) is 29.1 Å². The molecular formula is C14H15Cl2NO. The zero-order valence-corrected chi connectivity index (χ0v) is 11.5. The van der Waals surface area contributed by atoms with Gasteiger partial charge in [0.05, 0.1) is 10.0 Å². The third-order valence-electron chi connectivity index (χ3n) is 3.10. The van der Waals surface area contributed by atoms with Crippen molar-refractivity contribution >= 4 is 35.2 Å². The van der Waals surface area contributed by atoms with Crippen LogP contribution in [-0.2, 0) is 4.79 Å². The summed E-state index contributed by atoms with van der Waals surface area (Å²) in [5.74, 6) is -0.0713. The van der Waals surface area contributed by atoms with E-state index in [-0.39, 0.29) is 5.91 Å². The Kier molecular flexibility index (Phi) is 4.67. The van der Waals surface area contributed by atoms with Crippen LogP contribution in [0.4, 0.5) is 0 Å². The van der Waals surface area contributed by atoms with Crippen molar-refractivity contribution in [2.45, 2.75) is 31.7 Å². The maximum absolute atomic E-state index is 11.7. The lowest BCUT2D eigenvalue weighted by molar-refractivity contribution is -0.117. The van der Waals surface area contributed by atoms with Crippen LogP contribution in [0.1, 0.15) is 31.2 Å². The molecule has 0 radical (unpaired) electrons. The monoisotopic (exact) mass is 283 g/mol. The van der Waals surface area contributed by atoms with Gasteiger partial charge in [0, 0.05) is 12.1 Å². The SMILES string of the molecule is O=C(/C=C/c1cccc(Cl)c1Cl)NC1CCCC1. The lowest BCUT2D eigenvalue weighted by atomic mass is 10.2. The summed E-state index contributed by atoms with van der Waals surface area (Å²) in [6.45, 7) is 0. The zero-order valence-electron chi connectivity index (χ0n) is 9.96. The average molecular weight is 284 g/mol. The van der Waals surface area contributed by atoms with E-state index in [2.05, 4.69) is 5.32 Å². The molecular weight excluding hydrogens is 269 g/mol. The van der Waals surface area contributed by atoms with E-state index in [1.165, 1.54) is 18.9 Å². The minimum atomic E-state index is -0.0713. The number of amides is 1. The molecule has 0 bridgehead atoms. The van der Waals surface area contributed by atoms with Gasteiger partial charge in [0.25, 0.3) is 0 Å². The summed E-state index contributed by atoms with van der Waals surface area (Å²) in [6, 6.07) is 5.69. The van der Waals surface area contributed by atoms with Crippen molar-refractivity contribution in [1.82, 2.24) is 5.32 Å². The second kappa shape index (κ2) is 6.26. The van der Waals surface area contributed by atoms with Gasteiger partial charge < -0.3 is 5.32 Å². The molecule has 0 atom stereocenters. The van der Waals surface area contributed by atoms with Gasteiger partial charge in [0.1, 0.15) is 0 Å². The second-order valence-electron chi connectivity index (χ2n) is 4.47. The van der Waals surface area contributed by atoms with Crippen LogP contribution in [0.3, 0.4) is 0 Å². The summed E-state index contributed by atoms with van der Waals surface area (Å²) in [6.07, 6.45) is 7.77. The van der Waals surface area contributed by atoms with Gasteiger partial charge in [-0.1, -0.05) is 48.2 Å². The Bertz CT molecular complexity index is 465. The fourth-order valence-electron chi connectivity index (χ4n) is 2.13. The molecule has 2 rings (SSSR count). The first-order valence-corrected chi connectivity index (χ1v) is 6.85. The molecule has 1 aliphatic rings. The largest absolute Gasteiger partial charge is 0.350 e. The van der Waals surface area contributed by atoms with Gasteiger partial charge in [0.2, 0.25) is 5.91 Å². The molecule has 0 spiro atoms. The summed E-state index contributed by atoms with van der Waals surface area (Å²) < 4.78 is 0. The van der Waals surface area contributed by atoms with E-state index in [1.54, 1.807) is 12.1 Å². The quantitative estimate of drug-likeness (QED) is 0.833. The van der Waals surface area contributed by atoms with Crippen molar-refractivity contribution in [2.24, 2.45) is 0 Å². The Hall–Kier alpha value is -0.990. The molecule has 18 heavy (non-hydrogen) atoms. The predicted octanol–water partition coefficient (Wildman–Crippen LogP) is 4.07. The molecule has 2 nitrogen and oxygen atoms in total. The van der Waals surface area contributed by atoms with E-state index in [1.807, 2.05) is 12.1 Å². The van der Waals surface area contributed by atoms with Gasteiger partial charge in [-0.2, -0.15) is 0 Å². The molecule has 0 saturated heterocycles. The number of nitrogens with one attached hydrogen (secondary N) is 1. The van der Waals surface area contributed by atoms with Crippen molar-refractivity contribution in [1.29, 1.82) is 0 Å². The van der Waals surface area contributed by atoms with E-state index in [9.17, 15) is 4.79 Å². The molecule has 1 fully saturated rings. The van der Waals surface area contributed by atoms with Gasteiger partial charge in [-0.25, -0.2) is 0 Å². The Balaban J connectivity index is 1.97. The van der Waals surface area contributed by atoms with Crippen molar-refractivity contribution in [3.63, 3.8) is 0 Å². The normalized spacial score (nSPS) is 16.3. The molecule has 96 valence electrons. The highest BCUT2D eigenvalue weighted by Crippen LogP contribution is 2.26. The summed E-state index contributed by atoms with van der Waals surface area (Å²) in [5, 5.41) is 3.95. The Morgan fingerprint density at radius 1 is 1.28 bits per heavy atom. The van der Waals surface area contributed by atoms with Gasteiger partial charge in [-0.05, 0) is 30.5 Å². The maximum atomic E-state index is 11.7. The zero-order chi connectivity index (χ0) is 13.0. The Morgan fingerprint density at radius 2 is 2.00 bits per heavy atom. The van der Waals surface area contributed by atoms with Crippen LogP contribution < -0.4 is 5.32 Å². The predicted molar refractivity (Wildman–Crippen MR) is 75.9 cm³/mol. The molecule has 0 aliphatic heterocycles. The molecule has 0 aromatic heterocycles. The van der Waals surface area contributed by atoms with E-state index < -0.39 is 0 Å². The highest BCUT2D eigenvalue weighted by atomic mass is 35.5. The minimum Gasteiger partial charge on any atom is -0.350 e. The fraction of sp³-hybridized carbons (Fsp3) is 0.357. The molecule has 0 heterocycles. The molecule has 1 aromatic carbocycles. The molecule has 0 unspecified atom stereocenters. The van der Waals surface area contributed by atoms with Crippen LogP contribution >= 0.6 is 23.2 Å².